The summed E-state index contributed by atoms with van der Waals surface area (Å²) < 4.78 is 0. The van der Waals surface area contributed by atoms with Gasteiger partial charge in [-0.3, -0.25) is 4.90 Å². The van der Waals surface area contributed by atoms with Crippen molar-refractivity contribution >= 4 is 0 Å². The van der Waals surface area contributed by atoms with Gasteiger partial charge in [0.15, 0.2) is 0 Å². The molecule has 2 unspecified atom stereocenters. The Kier molecular flexibility index (Phi) is 4.25. The van der Waals surface area contributed by atoms with Crippen molar-refractivity contribution in [2.45, 2.75) is 82.3 Å². The first-order valence-corrected chi connectivity index (χ1v) is 8.30. The molecule has 0 aromatic heterocycles. The number of rotatable bonds is 3. The van der Waals surface area contributed by atoms with E-state index >= 15 is 0 Å². The van der Waals surface area contributed by atoms with E-state index in [-0.39, 0.29) is 0 Å². The molecule has 2 atom stereocenters. The van der Waals surface area contributed by atoms with Crippen LogP contribution in [-0.4, -0.2) is 36.6 Å². The van der Waals surface area contributed by atoms with Crippen LogP contribution in [0.5, 0.6) is 0 Å². The van der Waals surface area contributed by atoms with Crippen molar-refractivity contribution < 1.29 is 0 Å². The van der Waals surface area contributed by atoms with Crippen molar-refractivity contribution in [2.75, 3.05) is 13.6 Å². The SMILES string of the molecule is CNC1CC2CCCC(C1)N2CC1CCCCC1. The Hall–Kier alpha value is -0.0800. The monoisotopic (exact) mass is 250 g/mol. The Morgan fingerprint density at radius 3 is 2.17 bits per heavy atom. The molecule has 2 bridgehead atoms. The molecular formula is C16H30N2. The van der Waals surface area contributed by atoms with Crippen molar-refractivity contribution in [3.8, 4) is 0 Å². The maximum absolute atomic E-state index is 3.53. The van der Waals surface area contributed by atoms with Gasteiger partial charge in [-0.15, -0.1) is 0 Å². The zero-order valence-electron chi connectivity index (χ0n) is 12.0. The number of hydrogen-bond donors (Lipinski definition) is 1. The van der Waals surface area contributed by atoms with Gasteiger partial charge in [-0.25, -0.2) is 0 Å². The highest BCUT2D eigenvalue weighted by atomic mass is 15.2. The van der Waals surface area contributed by atoms with E-state index in [0.29, 0.717) is 0 Å². The Bertz CT molecular complexity index is 246. The van der Waals surface area contributed by atoms with E-state index in [2.05, 4.69) is 17.3 Å². The molecule has 0 radical (unpaired) electrons. The number of nitrogens with zero attached hydrogens (tertiary/aromatic N) is 1. The lowest BCUT2D eigenvalue weighted by Crippen LogP contribution is -2.56. The van der Waals surface area contributed by atoms with Gasteiger partial charge in [0.2, 0.25) is 0 Å². The van der Waals surface area contributed by atoms with Crippen LogP contribution in [0.15, 0.2) is 0 Å². The van der Waals surface area contributed by atoms with Crippen LogP contribution in [0.3, 0.4) is 0 Å². The largest absolute Gasteiger partial charge is 0.317 e. The van der Waals surface area contributed by atoms with Crippen molar-refractivity contribution in [2.24, 2.45) is 5.92 Å². The van der Waals surface area contributed by atoms with E-state index in [1.807, 2.05) is 0 Å². The predicted molar refractivity (Wildman–Crippen MR) is 76.8 cm³/mol. The minimum absolute atomic E-state index is 0.794. The lowest BCUT2D eigenvalue weighted by molar-refractivity contribution is 0.00909. The van der Waals surface area contributed by atoms with Gasteiger partial charge in [0.05, 0.1) is 0 Å². The Labute approximate surface area is 113 Å². The average molecular weight is 250 g/mol. The smallest absolute Gasteiger partial charge is 0.0113 e. The third-order valence-electron chi connectivity index (χ3n) is 5.73. The third-order valence-corrected chi connectivity index (χ3v) is 5.73. The molecule has 0 aromatic carbocycles. The number of fused-ring (bicyclic) bond motifs is 2. The maximum atomic E-state index is 3.53. The highest BCUT2D eigenvalue weighted by Crippen LogP contribution is 2.36. The highest BCUT2D eigenvalue weighted by Gasteiger charge is 2.38. The molecular weight excluding hydrogens is 220 g/mol. The third kappa shape index (κ3) is 2.75. The van der Waals surface area contributed by atoms with Gasteiger partial charge >= 0.3 is 0 Å². The normalized spacial score (nSPS) is 38.8. The van der Waals surface area contributed by atoms with Crippen LogP contribution >= 0.6 is 0 Å². The summed E-state index contributed by atoms with van der Waals surface area (Å²) in [7, 11) is 2.15. The minimum Gasteiger partial charge on any atom is -0.317 e. The lowest BCUT2D eigenvalue weighted by atomic mass is 9.80. The van der Waals surface area contributed by atoms with E-state index in [4.69, 9.17) is 0 Å². The molecule has 2 heterocycles. The summed E-state index contributed by atoms with van der Waals surface area (Å²) in [6.07, 6.45) is 14.7. The lowest BCUT2D eigenvalue weighted by Gasteiger charge is -2.50. The standard InChI is InChI=1S/C16H30N2/c1-17-14-10-15-8-5-9-16(11-14)18(15)12-13-6-3-2-4-7-13/h13-17H,2-12H2,1H3. The summed E-state index contributed by atoms with van der Waals surface area (Å²) in [4.78, 5) is 2.92. The van der Waals surface area contributed by atoms with Crippen LogP contribution in [0.25, 0.3) is 0 Å². The molecule has 1 aliphatic carbocycles. The molecule has 3 fully saturated rings. The summed E-state index contributed by atoms with van der Waals surface area (Å²) in [5.74, 6) is 1.02. The highest BCUT2D eigenvalue weighted by molar-refractivity contribution is 4.95. The van der Waals surface area contributed by atoms with Gasteiger partial charge in [0.1, 0.15) is 0 Å². The van der Waals surface area contributed by atoms with Gasteiger partial charge < -0.3 is 5.32 Å². The summed E-state index contributed by atoms with van der Waals surface area (Å²) >= 11 is 0. The first kappa shape index (κ1) is 12.9. The fourth-order valence-corrected chi connectivity index (χ4v) is 4.68. The molecule has 0 spiro atoms. The molecule has 3 aliphatic rings. The van der Waals surface area contributed by atoms with E-state index in [1.165, 1.54) is 70.8 Å². The molecule has 2 heteroatoms. The van der Waals surface area contributed by atoms with Crippen LogP contribution < -0.4 is 5.32 Å². The van der Waals surface area contributed by atoms with Crippen LogP contribution in [0.4, 0.5) is 0 Å². The topological polar surface area (TPSA) is 15.3 Å². The maximum Gasteiger partial charge on any atom is 0.0113 e. The van der Waals surface area contributed by atoms with E-state index in [0.717, 1.165) is 24.0 Å². The van der Waals surface area contributed by atoms with Gasteiger partial charge in [-0.1, -0.05) is 25.7 Å². The molecule has 1 N–H and O–H groups in total. The van der Waals surface area contributed by atoms with Crippen molar-refractivity contribution in [3.63, 3.8) is 0 Å². The molecule has 2 saturated heterocycles. The molecule has 0 amide bonds. The van der Waals surface area contributed by atoms with E-state index in [1.54, 1.807) is 0 Å². The first-order valence-electron chi connectivity index (χ1n) is 8.30. The number of hydrogen-bond acceptors (Lipinski definition) is 2. The summed E-state index contributed by atoms with van der Waals surface area (Å²) in [5.41, 5.74) is 0. The second-order valence-corrected chi connectivity index (χ2v) is 6.90. The molecule has 2 nitrogen and oxygen atoms in total. The average Bonchev–Trinajstić information content (AvgIpc) is 2.39. The molecule has 0 aromatic rings. The van der Waals surface area contributed by atoms with Gasteiger partial charge in [-0.2, -0.15) is 0 Å². The molecule has 2 aliphatic heterocycles. The van der Waals surface area contributed by atoms with Crippen LogP contribution in [0, 0.1) is 5.92 Å². The van der Waals surface area contributed by atoms with Gasteiger partial charge in [0, 0.05) is 24.7 Å². The Balaban J connectivity index is 1.60. The minimum atomic E-state index is 0.794. The second-order valence-electron chi connectivity index (χ2n) is 6.90. The fourth-order valence-electron chi connectivity index (χ4n) is 4.68. The van der Waals surface area contributed by atoms with Gasteiger partial charge in [-0.05, 0) is 51.5 Å². The summed E-state index contributed by atoms with van der Waals surface area (Å²) in [6.45, 7) is 1.42. The van der Waals surface area contributed by atoms with Gasteiger partial charge in [0.25, 0.3) is 0 Å². The Morgan fingerprint density at radius 1 is 0.889 bits per heavy atom. The second kappa shape index (κ2) is 5.92. The van der Waals surface area contributed by atoms with Crippen molar-refractivity contribution in [3.05, 3.63) is 0 Å². The van der Waals surface area contributed by atoms with Crippen LogP contribution in [-0.2, 0) is 0 Å². The molecule has 104 valence electrons. The Morgan fingerprint density at radius 2 is 1.56 bits per heavy atom. The molecule has 18 heavy (non-hydrogen) atoms. The predicted octanol–water partition coefficient (Wildman–Crippen LogP) is 3.17. The fraction of sp³-hybridized carbons (Fsp3) is 1.00. The van der Waals surface area contributed by atoms with Crippen molar-refractivity contribution in [1.82, 2.24) is 10.2 Å². The number of nitrogens with one attached hydrogen (secondary N) is 1. The molecule has 1 saturated carbocycles. The van der Waals surface area contributed by atoms with Crippen LogP contribution in [0.1, 0.15) is 64.2 Å². The van der Waals surface area contributed by atoms with Crippen LogP contribution in [0.2, 0.25) is 0 Å². The zero-order chi connectivity index (χ0) is 12.4. The summed E-state index contributed by atoms with van der Waals surface area (Å²) in [6, 6.07) is 2.59. The summed E-state index contributed by atoms with van der Waals surface area (Å²) in [5, 5.41) is 3.53. The number of piperidine rings is 2. The van der Waals surface area contributed by atoms with E-state index < -0.39 is 0 Å². The quantitative estimate of drug-likeness (QED) is 0.827. The van der Waals surface area contributed by atoms with Crippen molar-refractivity contribution in [1.29, 1.82) is 0 Å². The van der Waals surface area contributed by atoms with E-state index in [9.17, 15) is 0 Å². The first-order chi connectivity index (χ1) is 8.86. The molecule has 3 rings (SSSR count). The zero-order valence-corrected chi connectivity index (χ0v) is 12.0.